The number of hydrogen-bond acceptors (Lipinski definition) is 2. The van der Waals surface area contributed by atoms with E-state index >= 15 is 0 Å². The minimum atomic E-state index is -0.193. The number of carbonyl (C=O) groups is 1. The van der Waals surface area contributed by atoms with Crippen molar-refractivity contribution in [2.45, 2.75) is 50.8 Å². The van der Waals surface area contributed by atoms with Crippen molar-refractivity contribution in [3.05, 3.63) is 29.3 Å². The number of hydrogen-bond donors (Lipinski definition) is 1. The Kier molecular flexibility index (Phi) is 6.41. The number of carbonyl (C=O) groups excluding carboxylic acids is 1. The lowest BCUT2D eigenvalue weighted by Crippen LogP contribution is -2.14. The summed E-state index contributed by atoms with van der Waals surface area (Å²) >= 11 is 3.43. The quantitative estimate of drug-likeness (QED) is 0.453. The SMILES string of the molecule is CCCCCC[C@@H](Br)C(=O)c1cc(C)ccc1O. The first-order valence-electron chi connectivity index (χ1n) is 6.54. The topological polar surface area (TPSA) is 37.3 Å². The van der Waals surface area contributed by atoms with Gasteiger partial charge in [0.15, 0.2) is 5.78 Å². The lowest BCUT2D eigenvalue weighted by atomic mass is 10.0. The summed E-state index contributed by atoms with van der Waals surface area (Å²) < 4.78 is 0. The summed E-state index contributed by atoms with van der Waals surface area (Å²) in [5, 5.41) is 9.72. The van der Waals surface area contributed by atoms with E-state index in [9.17, 15) is 9.90 Å². The Morgan fingerprint density at radius 2 is 2.06 bits per heavy atom. The van der Waals surface area contributed by atoms with Gasteiger partial charge in [-0.05, 0) is 25.5 Å². The number of alkyl halides is 1. The van der Waals surface area contributed by atoms with E-state index in [1.807, 2.05) is 6.92 Å². The molecule has 0 fully saturated rings. The Morgan fingerprint density at radius 1 is 1.33 bits per heavy atom. The van der Waals surface area contributed by atoms with Gasteiger partial charge in [-0.15, -0.1) is 0 Å². The fourth-order valence-corrected chi connectivity index (χ4v) is 2.47. The molecule has 0 heterocycles. The molecule has 0 radical (unpaired) electrons. The van der Waals surface area contributed by atoms with Gasteiger partial charge in [-0.2, -0.15) is 0 Å². The van der Waals surface area contributed by atoms with Crippen LogP contribution in [-0.2, 0) is 0 Å². The third kappa shape index (κ3) is 4.45. The maximum Gasteiger partial charge on any atom is 0.180 e. The number of phenolic OH excluding ortho intramolecular Hbond substituents is 1. The Balaban J connectivity index is 2.60. The second-order valence-electron chi connectivity index (χ2n) is 4.70. The molecule has 1 aromatic carbocycles. The predicted octanol–water partition coefficient (Wildman–Crippen LogP) is 4.62. The van der Waals surface area contributed by atoms with Crippen LogP contribution in [0.25, 0.3) is 0 Å². The summed E-state index contributed by atoms with van der Waals surface area (Å²) in [6.45, 7) is 4.09. The Labute approximate surface area is 118 Å². The molecule has 1 rings (SSSR count). The third-order valence-electron chi connectivity index (χ3n) is 3.01. The van der Waals surface area contributed by atoms with Crippen LogP contribution in [0, 0.1) is 6.92 Å². The number of aromatic hydroxyl groups is 1. The molecule has 0 spiro atoms. The van der Waals surface area contributed by atoms with E-state index in [-0.39, 0.29) is 16.4 Å². The molecule has 2 nitrogen and oxygen atoms in total. The summed E-state index contributed by atoms with van der Waals surface area (Å²) in [5.41, 5.74) is 1.41. The second kappa shape index (κ2) is 7.57. The molecule has 0 aliphatic heterocycles. The molecule has 0 bridgehead atoms. The van der Waals surface area contributed by atoms with Gasteiger partial charge < -0.3 is 5.11 Å². The molecule has 1 N–H and O–H groups in total. The lowest BCUT2D eigenvalue weighted by molar-refractivity contribution is 0.0985. The Hall–Kier alpha value is -0.830. The molecule has 18 heavy (non-hydrogen) atoms. The summed E-state index contributed by atoms with van der Waals surface area (Å²) in [6.07, 6.45) is 5.43. The summed E-state index contributed by atoms with van der Waals surface area (Å²) in [5.74, 6) is 0.0521. The van der Waals surface area contributed by atoms with Gasteiger partial charge in [0.05, 0.1) is 10.4 Å². The van der Waals surface area contributed by atoms with Crippen LogP contribution >= 0.6 is 15.9 Å². The number of halogens is 1. The average Bonchev–Trinajstić information content (AvgIpc) is 2.36. The highest BCUT2D eigenvalue weighted by atomic mass is 79.9. The van der Waals surface area contributed by atoms with Crippen molar-refractivity contribution in [3.8, 4) is 5.75 Å². The number of aryl methyl sites for hydroxylation is 1. The lowest BCUT2D eigenvalue weighted by Gasteiger charge is -2.10. The Morgan fingerprint density at radius 3 is 2.72 bits per heavy atom. The normalized spacial score (nSPS) is 12.4. The minimum Gasteiger partial charge on any atom is -0.507 e. The fourth-order valence-electron chi connectivity index (χ4n) is 1.90. The highest BCUT2D eigenvalue weighted by Gasteiger charge is 2.19. The maximum absolute atomic E-state index is 12.2. The van der Waals surface area contributed by atoms with Crippen LogP contribution in [0.3, 0.4) is 0 Å². The molecule has 1 atom stereocenters. The van der Waals surface area contributed by atoms with E-state index in [0.29, 0.717) is 5.56 Å². The van der Waals surface area contributed by atoms with Crippen molar-refractivity contribution in [3.63, 3.8) is 0 Å². The monoisotopic (exact) mass is 312 g/mol. The number of benzene rings is 1. The van der Waals surface area contributed by atoms with Crippen LogP contribution in [0.2, 0.25) is 0 Å². The van der Waals surface area contributed by atoms with E-state index in [4.69, 9.17) is 0 Å². The molecule has 1 aromatic rings. The molecule has 0 amide bonds. The van der Waals surface area contributed by atoms with Crippen LogP contribution in [-0.4, -0.2) is 15.7 Å². The number of unbranched alkanes of at least 4 members (excludes halogenated alkanes) is 3. The number of ketones is 1. The maximum atomic E-state index is 12.2. The van der Waals surface area contributed by atoms with Crippen LogP contribution in [0.4, 0.5) is 0 Å². The molecule has 0 aliphatic rings. The molecule has 0 saturated carbocycles. The number of rotatable bonds is 7. The van der Waals surface area contributed by atoms with E-state index in [0.717, 1.165) is 24.8 Å². The molecule has 100 valence electrons. The van der Waals surface area contributed by atoms with Crippen molar-refractivity contribution < 1.29 is 9.90 Å². The number of Topliss-reactive ketones (excluding diaryl/α,β-unsaturated/α-hetero) is 1. The van der Waals surface area contributed by atoms with Crippen molar-refractivity contribution in [2.24, 2.45) is 0 Å². The standard InChI is InChI=1S/C15H21BrO2/c1-3-4-5-6-7-13(16)15(18)12-10-11(2)8-9-14(12)17/h8-10,13,17H,3-7H2,1-2H3/t13-/m1/s1. The highest BCUT2D eigenvalue weighted by molar-refractivity contribution is 9.10. The van der Waals surface area contributed by atoms with Gasteiger partial charge in [-0.3, -0.25) is 4.79 Å². The van der Waals surface area contributed by atoms with Crippen molar-refractivity contribution in [2.75, 3.05) is 0 Å². The molecule has 0 aromatic heterocycles. The molecular formula is C15H21BrO2. The zero-order valence-electron chi connectivity index (χ0n) is 11.1. The first-order valence-corrected chi connectivity index (χ1v) is 7.45. The van der Waals surface area contributed by atoms with Crippen LogP contribution in [0.1, 0.15) is 54.9 Å². The first-order chi connectivity index (χ1) is 8.56. The first kappa shape index (κ1) is 15.2. The smallest absolute Gasteiger partial charge is 0.180 e. The second-order valence-corrected chi connectivity index (χ2v) is 5.81. The van der Waals surface area contributed by atoms with E-state index in [1.165, 1.54) is 12.8 Å². The molecule has 0 unspecified atom stereocenters. The summed E-state index contributed by atoms with van der Waals surface area (Å²) in [7, 11) is 0. The number of phenols is 1. The van der Waals surface area contributed by atoms with Crippen molar-refractivity contribution >= 4 is 21.7 Å². The van der Waals surface area contributed by atoms with Gasteiger partial charge in [0.1, 0.15) is 5.75 Å². The van der Waals surface area contributed by atoms with E-state index in [2.05, 4.69) is 22.9 Å². The zero-order chi connectivity index (χ0) is 13.5. The van der Waals surface area contributed by atoms with Gasteiger partial charge in [0.25, 0.3) is 0 Å². The van der Waals surface area contributed by atoms with Crippen LogP contribution in [0.5, 0.6) is 5.75 Å². The van der Waals surface area contributed by atoms with Gasteiger partial charge in [-0.25, -0.2) is 0 Å². The third-order valence-corrected chi connectivity index (χ3v) is 3.89. The predicted molar refractivity (Wildman–Crippen MR) is 78.6 cm³/mol. The van der Waals surface area contributed by atoms with Crippen LogP contribution < -0.4 is 0 Å². The van der Waals surface area contributed by atoms with Gasteiger partial charge in [0.2, 0.25) is 0 Å². The van der Waals surface area contributed by atoms with Crippen LogP contribution in [0.15, 0.2) is 18.2 Å². The Bertz CT molecular complexity index is 401. The minimum absolute atomic E-state index is 0.0206. The molecule has 0 saturated heterocycles. The van der Waals surface area contributed by atoms with Gasteiger partial charge in [-0.1, -0.05) is 60.2 Å². The highest BCUT2D eigenvalue weighted by Crippen LogP contribution is 2.24. The fraction of sp³-hybridized carbons (Fsp3) is 0.533. The van der Waals surface area contributed by atoms with Crippen molar-refractivity contribution in [1.29, 1.82) is 0 Å². The average molecular weight is 313 g/mol. The zero-order valence-corrected chi connectivity index (χ0v) is 12.7. The van der Waals surface area contributed by atoms with E-state index < -0.39 is 0 Å². The van der Waals surface area contributed by atoms with E-state index in [1.54, 1.807) is 18.2 Å². The summed E-state index contributed by atoms with van der Waals surface area (Å²) in [4.78, 5) is 12.0. The van der Waals surface area contributed by atoms with Crippen molar-refractivity contribution in [1.82, 2.24) is 0 Å². The molecule has 0 aliphatic carbocycles. The largest absolute Gasteiger partial charge is 0.507 e. The molecular weight excluding hydrogens is 292 g/mol. The molecule has 3 heteroatoms. The van der Waals surface area contributed by atoms with Gasteiger partial charge >= 0.3 is 0 Å². The summed E-state index contributed by atoms with van der Waals surface area (Å²) in [6, 6.07) is 5.13. The van der Waals surface area contributed by atoms with Gasteiger partial charge in [0, 0.05) is 0 Å².